The molecule has 0 saturated heterocycles. The Morgan fingerprint density at radius 3 is 2.71 bits per heavy atom. The molecule has 0 bridgehead atoms. The van der Waals surface area contributed by atoms with E-state index >= 15 is 0 Å². The summed E-state index contributed by atoms with van der Waals surface area (Å²) in [6.07, 6.45) is 1.67. The highest BCUT2D eigenvalue weighted by Crippen LogP contribution is 2.31. The summed E-state index contributed by atoms with van der Waals surface area (Å²) < 4.78 is 29.1. The zero-order chi connectivity index (χ0) is 12.6. The lowest BCUT2D eigenvalue weighted by molar-refractivity contribution is 0.602. The molecule has 0 amide bonds. The minimum absolute atomic E-state index is 0.271. The number of halogens is 1. The lowest BCUT2D eigenvalue weighted by Crippen LogP contribution is -2.12. The van der Waals surface area contributed by atoms with Gasteiger partial charge in [-0.05, 0) is 34.5 Å². The molecule has 0 aromatic carbocycles. The van der Waals surface area contributed by atoms with Crippen molar-refractivity contribution in [2.75, 3.05) is 4.72 Å². The van der Waals surface area contributed by atoms with Gasteiger partial charge >= 0.3 is 0 Å². The Morgan fingerprint density at radius 2 is 2.24 bits per heavy atom. The number of sulfonamides is 1. The molecule has 0 spiro atoms. The van der Waals surface area contributed by atoms with E-state index in [1.54, 1.807) is 25.4 Å². The molecule has 8 heteroatoms. The van der Waals surface area contributed by atoms with Gasteiger partial charge in [0, 0.05) is 19.3 Å². The maximum absolute atomic E-state index is 12.0. The summed E-state index contributed by atoms with van der Waals surface area (Å²) in [6, 6.07) is 3.23. The molecule has 5 nitrogen and oxygen atoms in total. The number of nitrogens with zero attached hydrogens (tertiary/aromatic N) is 2. The summed E-state index contributed by atoms with van der Waals surface area (Å²) >= 11 is 4.48. The zero-order valence-electron chi connectivity index (χ0n) is 9.14. The highest BCUT2D eigenvalue weighted by Gasteiger charge is 2.19. The van der Waals surface area contributed by atoms with Crippen LogP contribution >= 0.6 is 27.3 Å². The first kappa shape index (κ1) is 12.6. The van der Waals surface area contributed by atoms with Crippen LogP contribution in [-0.4, -0.2) is 18.2 Å². The van der Waals surface area contributed by atoms with Crippen molar-refractivity contribution in [3.05, 3.63) is 27.7 Å². The SMILES string of the molecule is Cc1cc(S(=O)(=O)Nc2ccn(C)n2)sc1Br. The molecule has 0 atom stereocenters. The van der Waals surface area contributed by atoms with Gasteiger partial charge in [-0.25, -0.2) is 8.42 Å². The first-order valence-electron chi connectivity index (χ1n) is 4.67. The number of hydrogen-bond donors (Lipinski definition) is 1. The average Bonchev–Trinajstić information content (AvgIpc) is 2.75. The highest BCUT2D eigenvalue weighted by molar-refractivity contribution is 9.11. The van der Waals surface area contributed by atoms with Crippen LogP contribution in [0.5, 0.6) is 0 Å². The summed E-state index contributed by atoms with van der Waals surface area (Å²) in [4.78, 5) is 0. The largest absolute Gasteiger partial charge is 0.274 e. The summed E-state index contributed by atoms with van der Waals surface area (Å²) in [5.41, 5.74) is 0.899. The maximum Gasteiger partial charge on any atom is 0.272 e. The molecular weight excluding hydrogens is 326 g/mol. The van der Waals surface area contributed by atoms with E-state index in [2.05, 4.69) is 25.8 Å². The normalized spacial score (nSPS) is 11.7. The van der Waals surface area contributed by atoms with Gasteiger partial charge < -0.3 is 0 Å². The van der Waals surface area contributed by atoms with E-state index in [0.29, 0.717) is 5.82 Å². The van der Waals surface area contributed by atoms with Crippen molar-refractivity contribution < 1.29 is 8.42 Å². The number of hydrogen-bond acceptors (Lipinski definition) is 4. The zero-order valence-corrected chi connectivity index (χ0v) is 12.4. The molecule has 1 N–H and O–H groups in total. The monoisotopic (exact) mass is 335 g/mol. The Labute approximate surface area is 112 Å². The molecule has 0 unspecified atom stereocenters. The van der Waals surface area contributed by atoms with Crippen LogP contribution in [0.1, 0.15) is 5.56 Å². The van der Waals surface area contributed by atoms with E-state index in [4.69, 9.17) is 0 Å². The Hall–Kier alpha value is -0.860. The molecule has 0 aliphatic rings. The van der Waals surface area contributed by atoms with Crippen molar-refractivity contribution in [1.82, 2.24) is 9.78 Å². The third kappa shape index (κ3) is 2.70. The van der Waals surface area contributed by atoms with Crippen molar-refractivity contribution in [1.29, 1.82) is 0 Å². The summed E-state index contributed by atoms with van der Waals surface area (Å²) in [5, 5.41) is 3.97. The van der Waals surface area contributed by atoms with Crippen LogP contribution < -0.4 is 4.72 Å². The molecule has 0 aliphatic heterocycles. The van der Waals surface area contributed by atoms with Crippen LogP contribution in [0.25, 0.3) is 0 Å². The molecule has 0 radical (unpaired) electrons. The smallest absolute Gasteiger partial charge is 0.272 e. The van der Waals surface area contributed by atoms with Crippen LogP contribution in [0, 0.1) is 6.92 Å². The number of anilines is 1. The second kappa shape index (κ2) is 4.43. The Kier molecular flexibility index (Phi) is 3.28. The topological polar surface area (TPSA) is 64.0 Å². The van der Waals surface area contributed by atoms with Gasteiger partial charge in [-0.15, -0.1) is 11.3 Å². The van der Waals surface area contributed by atoms with Crippen molar-refractivity contribution in [3.63, 3.8) is 0 Å². The Morgan fingerprint density at radius 1 is 1.53 bits per heavy atom. The second-order valence-electron chi connectivity index (χ2n) is 3.50. The molecule has 2 heterocycles. The van der Waals surface area contributed by atoms with E-state index in [9.17, 15) is 8.42 Å². The van der Waals surface area contributed by atoms with Gasteiger partial charge in [0.25, 0.3) is 10.0 Å². The predicted octanol–water partition coefficient (Wildman–Crippen LogP) is 2.35. The van der Waals surface area contributed by atoms with Crippen LogP contribution in [-0.2, 0) is 17.1 Å². The van der Waals surface area contributed by atoms with E-state index in [0.717, 1.165) is 9.35 Å². The van der Waals surface area contributed by atoms with Gasteiger partial charge in [-0.2, -0.15) is 5.10 Å². The van der Waals surface area contributed by atoms with Gasteiger partial charge in [0.1, 0.15) is 4.21 Å². The Bertz CT molecular complexity index is 626. The second-order valence-corrected chi connectivity index (χ2v) is 7.78. The third-order valence-corrected chi connectivity index (χ3v) is 6.02. The minimum Gasteiger partial charge on any atom is -0.274 e. The predicted molar refractivity (Wildman–Crippen MR) is 70.8 cm³/mol. The van der Waals surface area contributed by atoms with E-state index in [-0.39, 0.29) is 4.21 Å². The number of rotatable bonds is 3. The highest BCUT2D eigenvalue weighted by atomic mass is 79.9. The van der Waals surface area contributed by atoms with Gasteiger partial charge in [0.2, 0.25) is 0 Å². The molecule has 17 heavy (non-hydrogen) atoms. The fourth-order valence-corrected chi connectivity index (χ4v) is 4.44. The van der Waals surface area contributed by atoms with Crippen LogP contribution in [0.2, 0.25) is 0 Å². The molecule has 0 saturated carbocycles. The van der Waals surface area contributed by atoms with E-state index < -0.39 is 10.0 Å². The molecule has 0 aliphatic carbocycles. The number of aryl methyl sites for hydroxylation is 2. The average molecular weight is 336 g/mol. The summed E-state index contributed by atoms with van der Waals surface area (Å²) in [6.45, 7) is 1.85. The van der Waals surface area contributed by atoms with Crippen molar-refractivity contribution in [2.24, 2.45) is 7.05 Å². The van der Waals surface area contributed by atoms with E-state index in [1.165, 1.54) is 16.0 Å². The first-order valence-corrected chi connectivity index (χ1v) is 7.76. The summed E-state index contributed by atoms with van der Waals surface area (Å²) in [7, 11) is -1.81. The molecule has 92 valence electrons. The van der Waals surface area contributed by atoms with Gasteiger partial charge in [0.15, 0.2) is 5.82 Å². The van der Waals surface area contributed by atoms with Gasteiger partial charge in [-0.3, -0.25) is 9.40 Å². The molecular formula is C9H10BrN3O2S2. The summed E-state index contributed by atoms with van der Waals surface area (Å²) in [5.74, 6) is 0.315. The van der Waals surface area contributed by atoms with Crippen LogP contribution in [0.4, 0.5) is 5.82 Å². The molecule has 2 aromatic heterocycles. The fraction of sp³-hybridized carbons (Fsp3) is 0.222. The molecule has 2 aromatic rings. The quantitative estimate of drug-likeness (QED) is 0.936. The minimum atomic E-state index is -3.54. The molecule has 0 fully saturated rings. The third-order valence-electron chi connectivity index (χ3n) is 2.05. The van der Waals surface area contributed by atoms with Gasteiger partial charge in [0.05, 0.1) is 3.79 Å². The number of nitrogens with one attached hydrogen (secondary N) is 1. The maximum atomic E-state index is 12.0. The van der Waals surface area contributed by atoms with Crippen LogP contribution in [0.3, 0.4) is 0 Å². The fourth-order valence-electron chi connectivity index (χ4n) is 1.22. The van der Waals surface area contributed by atoms with E-state index in [1.807, 2.05) is 6.92 Å². The van der Waals surface area contributed by atoms with Crippen molar-refractivity contribution in [3.8, 4) is 0 Å². The van der Waals surface area contributed by atoms with Crippen molar-refractivity contribution in [2.45, 2.75) is 11.1 Å². The number of aromatic nitrogens is 2. The number of thiophene rings is 1. The lowest BCUT2D eigenvalue weighted by Gasteiger charge is -2.01. The van der Waals surface area contributed by atoms with Gasteiger partial charge in [-0.1, -0.05) is 0 Å². The first-order chi connectivity index (χ1) is 7.88. The standard InChI is InChI=1S/C9H10BrN3O2S2/c1-6-5-8(16-9(6)10)17(14,15)12-7-3-4-13(2)11-7/h3-5H,1-2H3,(H,11,12). The van der Waals surface area contributed by atoms with Crippen LogP contribution in [0.15, 0.2) is 26.3 Å². The lowest BCUT2D eigenvalue weighted by atomic mass is 10.4. The van der Waals surface area contributed by atoms with Crippen molar-refractivity contribution >= 4 is 43.1 Å². The Balaban J connectivity index is 2.31. The molecule has 2 rings (SSSR count).